The average Bonchev–Trinajstić information content (AvgIpc) is 2.85. The molecule has 1 aromatic rings. The fourth-order valence-corrected chi connectivity index (χ4v) is 1.70. The quantitative estimate of drug-likeness (QED) is 0.768. The van der Waals surface area contributed by atoms with Gasteiger partial charge in [-0.25, -0.2) is 9.38 Å². The Morgan fingerprint density at radius 2 is 2.22 bits per heavy atom. The van der Waals surface area contributed by atoms with Crippen LogP contribution < -0.4 is 0 Å². The number of nitrogens with zero attached hydrogens (tertiary/aromatic N) is 1. The lowest BCUT2D eigenvalue weighted by molar-refractivity contribution is -0.140. The second kappa shape index (κ2) is 5.62. The molecule has 0 saturated heterocycles. The monoisotopic (exact) mass is 251 g/mol. The number of aliphatic imine (C=N–C) groups is 1. The molecule has 0 aliphatic carbocycles. The van der Waals surface area contributed by atoms with Gasteiger partial charge in [0.15, 0.2) is 0 Å². The molecule has 0 bridgehead atoms. The fraction of sp³-hybridized carbons (Fsp3) is 0.385. The molecule has 1 aliphatic heterocycles. The number of esters is 1. The SMILES string of the molecule is COC(=O)CCC1COC(c2ccc(F)cc2)=N1. The van der Waals surface area contributed by atoms with Gasteiger partial charge >= 0.3 is 5.97 Å². The third-order valence-electron chi connectivity index (χ3n) is 2.71. The van der Waals surface area contributed by atoms with Gasteiger partial charge in [-0.3, -0.25) is 4.79 Å². The van der Waals surface area contributed by atoms with E-state index in [0.717, 1.165) is 5.56 Å². The van der Waals surface area contributed by atoms with E-state index < -0.39 is 0 Å². The number of hydrogen-bond acceptors (Lipinski definition) is 4. The van der Waals surface area contributed by atoms with E-state index in [4.69, 9.17) is 4.74 Å². The Morgan fingerprint density at radius 3 is 2.89 bits per heavy atom. The van der Waals surface area contributed by atoms with Crippen LogP contribution in [0.3, 0.4) is 0 Å². The fourth-order valence-electron chi connectivity index (χ4n) is 1.70. The van der Waals surface area contributed by atoms with Crippen LogP contribution in [0, 0.1) is 5.82 Å². The zero-order valence-electron chi connectivity index (χ0n) is 10.1. The summed E-state index contributed by atoms with van der Waals surface area (Å²) in [6.45, 7) is 0.448. The van der Waals surface area contributed by atoms with Crippen LogP contribution in [0.15, 0.2) is 29.3 Å². The number of ether oxygens (including phenoxy) is 2. The summed E-state index contributed by atoms with van der Waals surface area (Å²) >= 11 is 0. The van der Waals surface area contributed by atoms with Gasteiger partial charge in [0.1, 0.15) is 12.4 Å². The van der Waals surface area contributed by atoms with Crippen molar-refractivity contribution in [3.63, 3.8) is 0 Å². The molecule has 0 radical (unpaired) electrons. The van der Waals surface area contributed by atoms with E-state index in [0.29, 0.717) is 25.3 Å². The molecule has 1 aromatic carbocycles. The lowest BCUT2D eigenvalue weighted by Gasteiger charge is -2.02. The highest BCUT2D eigenvalue weighted by molar-refractivity contribution is 5.95. The highest BCUT2D eigenvalue weighted by Gasteiger charge is 2.20. The summed E-state index contributed by atoms with van der Waals surface area (Å²) in [7, 11) is 1.36. The van der Waals surface area contributed by atoms with Gasteiger partial charge in [-0.05, 0) is 30.7 Å². The summed E-state index contributed by atoms with van der Waals surface area (Å²) in [5, 5.41) is 0. The summed E-state index contributed by atoms with van der Waals surface area (Å²) in [6, 6.07) is 5.93. The molecule has 0 saturated carbocycles. The number of carbonyl (C=O) groups excluding carboxylic acids is 1. The van der Waals surface area contributed by atoms with E-state index in [1.807, 2.05) is 0 Å². The predicted molar refractivity (Wildman–Crippen MR) is 63.9 cm³/mol. The normalized spacial score (nSPS) is 18.1. The summed E-state index contributed by atoms with van der Waals surface area (Å²) in [6.07, 6.45) is 0.919. The lowest BCUT2D eigenvalue weighted by Crippen LogP contribution is -2.10. The molecule has 0 fully saturated rings. The van der Waals surface area contributed by atoms with Gasteiger partial charge < -0.3 is 9.47 Å². The Hall–Kier alpha value is -1.91. The van der Waals surface area contributed by atoms with Gasteiger partial charge in [-0.1, -0.05) is 0 Å². The smallest absolute Gasteiger partial charge is 0.305 e. The zero-order chi connectivity index (χ0) is 13.0. The minimum atomic E-state index is -0.292. The molecule has 0 aromatic heterocycles. The maximum atomic E-state index is 12.8. The van der Waals surface area contributed by atoms with Gasteiger partial charge in [0.05, 0.1) is 13.2 Å². The second-order valence-corrected chi connectivity index (χ2v) is 4.02. The maximum absolute atomic E-state index is 12.8. The van der Waals surface area contributed by atoms with E-state index in [1.54, 1.807) is 12.1 Å². The average molecular weight is 251 g/mol. The minimum Gasteiger partial charge on any atom is -0.475 e. The number of benzene rings is 1. The van der Waals surface area contributed by atoms with Crippen LogP contribution in [0.25, 0.3) is 0 Å². The molecule has 18 heavy (non-hydrogen) atoms. The van der Waals surface area contributed by atoms with Crippen LogP contribution in [0.5, 0.6) is 0 Å². The van der Waals surface area contributed by atoms with Crippen LogP contribution in [-0.4, -0.2) is 31.6 Å². The highest BCUT2D eigenvalue weighted by atomic mass is 19.1. The molecule has 1 unspecified atom stereocenters. The van der Waals surface area contributed by atoms with Gasteiger partial charge in [-0.15, -0.1) is 0 Å². The predicted octanol–water partition coefficient (Wildman–Crippen LogP) is 1.92. The molecule has 0 spiro atoms. The Kier molecular flexibility index (Phi) is 3.92. The topological polar surface area (TPSA) is 47.9 Å². The second-order valence-electron chi connectivity index (χ2n) is 4.02. The first-order chi connectivity index (χ1) is 8.69. The largest absolute Gasteiger partial charge is 0.475 e. The van der Waals surface area contributed by atoms with Crippen molar-refractivity contribution >= 4 is 11.9 Å². The van der Waals surface area contributed by atoms with Gasteiger partial charge in [0, 0.05) is 12.0 Å². The van der Waals surface area contributed by atoms with Crippen molar-refractivity contribution in [1.29, 1.82) is 0 Å². The van der Waals surface area contributed by atoms with E-state index in [1.165, 1.54) is 19.2 Å². The zero-order valence-corrected chi connectivity index (χ0v) is 10.1. The van der Waals surface area contributed by atoms with Gasteiger partial charge in [-0.2, -0.15) is 0 Å². The summed E-state index contributed by atoms with van der Waals surface area (Å²) < 4.78 is 22.8. The van der Waals surface area contributed by atoms with E-state index in [9.17, 15) is 9.18 Å². The van der Waals surface area contributed by atoms with Crippen LogP contribution in [0.4, 0.5) is 4.39 Å². The minimum absolute atomic E-state index is 0.0378. The Labute approximate surface area is 104 Å². The lowest BCUT2D eigenvalue weighted by atomic mass is 10.2. The molecule has 1 heterocycles. The molecule has 2 rings (SSSR count). The molecule has 96 valence electrons. The van der Waals surface area contributed by atoms with E-state index in [-0.39, 0.29) is 17.8 Å². The number of carbonyl (C=O) groups is 1. The first-order valence-electron chi connectivity index (χ1n) is 5.72. The molecule has 1 atom stereocenters. The van der Waals surface area contributed by atoms with Crippen molar-refractivity contribution in [2.45, 2.75) is 18.9 Å². The molecule has 5 heteroatoms. The van der Waals surface area contributed by atoms with Crippen LogP contribution in [0.1, 0.15) is 18.4 Å². The van der Waals surface area contributed by atoms with Crippen molar-refractivity contribution in [2.75, 3.05) is 13.7 Å². The number of rotatable bonds is 4. The molecule has 0 amide bonds. The molecule has 1 aliphatic rings. The Bertz CT molecular complexity index is 456. The maximum Gasteiger partial charge on any atom is 0.305 e. The van der Waals surface area contributed by atoms with Crippen LogP contribution >= 0.6 is 0 Å². The Morgan fingerprint density at radius 1 is 1.50 bits per heavy atom. The summed E-state index contributed by atoms with van der Waals surface area (Å²) in [5.74, 6) is -0.0371. The Balaban J connectivity index is 1.95. The van der Waals surface area contributed by atoms with Crippen molar-refractivity contribution in [3.8, 4) is 0 Å². The highest BCUT2D eigenvalue weighted by Crippen LogP contribution is 2.16. The number of methoxy groups -OCH3 is 1. The van der Waals surface area contributed by atoms with Gasteiger partial charge in [0.2, 0.25) is 5.90 Å². The third kappa shape index (κ3) is 3.06. The summed E-state index contributed by atoms with van der Waals surface area (Å²) in [4.78, 5) is 15.4. The molecule has 4 nitrogen and oxygen atoms in total. The molecular weight excluding hydrogens is 237 g/mol. The van der Waals surface area contributed by atoms with E-state index >= 15 is 0 Å². The van der Waals surface area contributed by atoms with Crippen molar-refractivity contribution in [1.82, 2.24) is 0 Å². The van der Waals surface area contributed by atoms with Crippen LogP contribution in [0.2, 0.25) is 0 Å². The standard InChI is InChI=1S/C13H14FNO3/c1-17-12(16)7-6-11-8-18-13(15-11)9-2-4-10(14)5-3-9/h2-5,11H,6-8H2,1H3. The molecular formula is C13H14FNO3. The number of halogens is 1. The molecule has 0 N–H and O–H groups in total. The van der Waals surface area contributed by atoms with Crippen LogP contribution in [-0.2, 0) is 14.3 Å². The van der Waals surface area contributed by atoms with Crippen molar-refractivity contribution in [3.05, 3.63) is 35.6 Å². The van der Waals surface area contributed by atoms with Crippen molar-refractivity contribution in [2.24, 2.45) is 4.99 Å². The first-order valence-corrected chi connectivity index (χ1v) is 5.72. The van der Waals surface area contributed by atoms with Crippen molar-refractivity contribution < 1.29 is 18.7 Å². The first kappa shape index (κ1) is 12.5. The van der Waals surface area contributed by atoms with E-state index in [2.05, 4.69) is 9.73 Å². The number of hydrogen-bond donors (Lipinski definition) is 0. The third-order valence-corrected chi connectivity index (χ3v) is 2.71. The summed E-state index contributed by atoms with van der Waals surface area (Å²) in [5.41, 5.74) is 0.747. The van der Waals surface area contributed by atoms with Gasteiger partial charge in [0.25, 0.3) is 0 Å².